The SMILES string of the molecule is CC(C)OC(=O)C(=O)Nc1nc(C(C)C)c(C(C)C)s1. The van der Waals surface area contributed by atoms with E-state index in [1.54, 1.807) is 13.8 Å². The van der Waals surface area contributed by atoms with Crippen LogP contribution < -0.4 is 5.32 Å². The van der Waals surface area contributed by atoms with Gasteiger partial charge < -0.3 is 4.74 Å². The maximum Gasteiger partial charge on any atom is 0.397 e. The summed E-state index contributed by atoms with van der Waals surface area (Å²) in [5.41, 5.74) is 0.970. The zero-order chi connectivity index (χ0) is 15.4. The molecule has 0 atom stereocenters. The number of hydrogen-bond acceptors (Lipinski definition) is 5. The number of carbonyl (C=O) groups is 2. The van der Waals surface area contributed by atoms with Crippen molar-refractivity contribution in [2.24, 2.45) is 0 Å². The predicted molar refractivity (Wildman–Crippen MR) is 80.1 cm³/mol. The van der Waals surface area contributed by atoms with Crippen LogP contribution in [0, 0.1) is 0 Å². The van der Waals surface area contributed by atoms with Crippen molar-refractivity contribution in [2.75, 3.05) is 5.32 Å². The number of aromatic nitrogens is 1. The van der Waals surface area contributed by atoms with E-state index in [1.165, 1.54) is 11.3 Å². The lowest BCUT2D eigenvalue weighted by atomic mass is 10.0. The summed E-state index contributed by atoms with van der Waals surface area (Å²) < 4.78 is 4.84. The highest BCUT2D eigenvalue weighted by Crippen LogP contribution is 2.33. The first-order valence-corrected chi connectivity index (χ1v) is 7.56. The van der Waals surface area contributed by atoms with Gasteiger partial charge >= 0.3 is 11.9 Å². The van der Waals surface area contributed by atoms with E-state index in [9.17, 15) is 9.59 Å². The first-order valence-electron chi connectivity index (χ1n) is 6.74. The van der Waals surface area contributed by atoms with Crippen LogP contribution >= 0.6 is 11.3 Å². The summed E-state index contributed by atoms with van der Waals surface area (Å²) >= 11 is 1.41. The van der Waals surface area contributed by atoms with Crippen molar-refractivity contribution in [1.29, 1.82) is 0 Å². The van der Waals surface area contributed by atoms with Crippen molar-refractivity contribution >= 4 is 28.3 Å². The molecule has 1 N–H and O–H groups in total. The fourth-order valence-corrected chi connectivity index (χ4v) is 2.76. The van der Waals surface area contributed by atoms with Gasteiger partial charge in [-0.05, 0) is 25.7 Å². The second-order valence-corrected chi connectivity index (χ2v) is 6.52. The molecule has 5 nitrogen and oxygen atoms in total. The van der Waals surface area contributed by atoms with Gasteiger partial charge in [0.05, 0.1) is 11.8 Å². The zero-order valence-electron chi connectivity index (χ0n) is 12.8. The van der Waals surface area contributed by atoms with E-state index < -0.39 is 11.9 Å². The molecule has 1 rings (SSSR count). The Morgan fingerprint density at radius 2 is 1.70 bits per heavy atom. The van der Waals surface area contributed by atoms with Crippen LogP contribution in [0.2, 0.25) is 0 Å². The Morgan fingerprint density at radius 3 is 2.10 bits per heavy atom. The fraction of sp³-hybridized carbons (Fsp3) is 0.643. The van der Waals surface area contributed by atoms with E-state index >= 15 is 0 Å². The normalized spacial score (nSPS) is 11.2. The first kappa shape index (κ1) is 16.6. The highest BCUT2D eigenvalue weighted by atomic mass is 32.1. The average molecular weight is 298 g/mol. The van der Waals surface area contributed by atoms with E-state index in [4.69, 9.17) is 4.74 Å². The van der Waals surface area contributed by atoms with Crippen LogP contribution in [0.1, 0.15) is 63.9 Å². The second-order valence-electron chi connectivity index (χ2n) is 5.49. The minimum Gasteiger partial charge on any atom is -0.456 e. The Balaban J connectivity index is 2.86. The fourth-order valence-electron chi connectivity index (χ4n) is 1.64. The molecule has 1 heterocycles. The van der Waals surface area contributed by atoms with Gasteiger partial charge in [0.15, 0.2) is 5.13 Å². The van der Waals surface area contributed by atoms with Crippen molar-refractivity contribution in [2.45, 2.75) is 59.5 Å². The molecule has 6 heteroatoms. The molecule has 0 bridgehead atoms. The minimum absolute atomic E-state index is 0.275. The molecule has 0 radical (unpaired) electrons. The monoisotopic (exact) mass is 298 g/mol. The largest absolute Gasteiger partial charge is 0.456 e. The highest BCUT2D eigenvalue weighted by Gasteiger charge is 2.21. The molecule has 20 heavy (non-hydrogen) atoms. The van der Waals surface area contributed by atoms with Crippen LogP contribution in [0.3, 0.4) is 0 Å². The number of ether oxygens (including phenoxy) is 1. The van der Waals surface area contributed by atoms with Gasteiger partial charge in [0, 0.05) is 4.88 Å². The third-order valence-corrected chi connectivity index (χ3v) is 3.79. The number of hydrogen-bond donors (Lipinski definition) is 1. The van der Waals surface area contributed by atoms with E-state index in [0.717, 1.165) is 10.6 Å². The summed E-state index contributed by atoms with van der Waals surface area (Å²) in [6, 6.07) is 0. The molecule has 0 saturated heterocycles. The molecule has 0 fully saturated rings. The van der Waals surface area contributed by atoms with E-state index in [2.05, 4.69) is 38.0 Å². The van der Waals surface area contributed by atoms with Crippen molar-refractivity contribution < 1.29 is 14.3 Å². The van der Waals surface area contributed by atoms with Gasteiger partial charge in [-0.2, -0.15) is 0 Å². The van der Waals surface area contributed by atoms with Crippen LogP contribution in [0.5, 0.6) is 0 Å². The number of nitrogens with zero attached hydrogens (tertiary/aromatic N) is 1. The molecular weight excluding hydrogens is 276 g/mol. The molecule has 112 valence electrons. The summed E-state index contributed by atoms with van der Waals surface area (Å²) in [5, 5.41) is 2.96. The van der Waals surface area contributed by atoms with Gasteiger partial charge in [-0.15, -0.1) is 11.3 Å². The summed E-state index contributed by atoms with van der Waals surface area (Å²) in [5.74, 6) is -1.06. The molecule has 0 unspecified atom stereocenters. The number of esters is 1. The summed E-state index contributed by atoms with van der Waals surface area (Å²) in [7, 11) is 0. The molecule has 0 aliphatic heterocycles. The predicted octanol–water partition coefficient (Wildman–Crippen LogP) is 3.28. The molecule has 1 aromatic heterocycles. The molecular formula is C14H22N2O3S. The quantitative estimate of drug-likeness (QED) is 0.684. The summed E-state index contributed by atoms with van der Waals surface area (Å²) in [6.45, 7) is 11.7. The minimum atomic E-state index is -0.882. The molecule has 1 aromatic rings. The number of amides is 1. The lowest BCUT2D eigenvalue weighted by Gasteiger charge is -2.06. The highest BCUT2D eigenvalue weighted by molar-refractivity contribution is 7.16. The Kier molecular flexibility index (Phi) is 5.68. The van der Waals surface area contributed by atoms with Crippen LogP contribution in [-0.4, -0.2) is 23.0 Å². The van der Waals surface area contributed by atoms with Crippen molar-refractivity contribution in [3.05, 3.63) is 10.6 Å². The molecule has 0 saturated carbocycles. The zero-order valence-corrected chi connectivity index (χ0v) is 13.6. The van der Waals surface area contributed by atoms with Crippen LogP contribution in [0.15, 0.2) is 0 Å². The number of thiazole rings is 1. The Labute approximate surface area is 123 Å². The maximum atomic E-state index is 11.7. The second kappa shape index (κ2) is 6.83. The maximum absolute atomic E-state index is 11.7. The summed E-state index contributed by atoms with van der Waals surface area (Å²) in [4.78, 5) is 28.7. The average Bonchev–Trinajstić information content (AvgIpc) is 2.72. The first-order chi connectivity index (χ1) is 9.22. The van der Waals surface area contributed by atoms with E-state index in [-0.39, 0.29) is 12.0 Å². The molecule has 0 aromatic carbocycles. The van der Waals surface area contributed by atoms with Crippen molar-refractivity contribution in [1.82, 2.24) is 4.98 Å². The number of carbonyl (C=O) groups excluding carboxylic acids is 2. The standard InChI is InChI=1S/C14H22N2O3S/c1-7(2)10-11(8(3)4)20-14(15-10)16-12(17)13(18)19-9(5)6/h7-9H,1-6H3,(H,15,16,17). The van der Waals surface area contributed by atoms with Gasteiger partial charge in [0.2, 0.25) is 0 Å². The lowest BCUT2D eigenvalue weighted by Crippen LogP contribution is -2.27. The number of nitrogens with one attached hydrogen (secondary N) is 1. The van der Waals surface area contributed by atoms with Crippen LogP contribution in [0.4, 0.5) is 5.13 Å². The van der Waals surface area contributed by atoms with Gasteiger partial charge in [0.25, 0.3) is 0 Å². The Hall–Kier alpha value is -1.43. The van der Waals surface area contributed by atoms with Crippen LogP contribution in [-0.2, 0) is 14.3 Å². The van der Waals surface area contributed by atoms with Gasteiger partial charge in [-0.25, -0.2) is 9.78 Å². The molecule has 0 aliphatic rings. The Bertz CT molecular complexity index is 467. The van der Waals surface area contributed by atoms with E-state index in [0.29, 0.717) is 11.0 Å². The number of anilines is 1. The lowest BCUT2D eigenvalue weighted by molar-refractivity contribution is -0.155. The van der Waals surface area contributed by atoms with Crippen LogP contribution in [0.25, 0.3) is 0 Å². The topological polar surface area (TPSA) is 68.3 Å². The van der Waals surface area contributed by atoms with Crippen molar-refractivity contribution in [3.63, 3.8) is 0 Å². The smallest absolute Gasteiger partial charge is 0.397 e. The third-order valence-electron chi connectivity index (χ3n) is 2.50. The van der Waals surface area contributed by atoms with Crippen molar-refractivity contribution in [3.8, 4) is 0 Å². The van der Waals surface area contributed by atoms with E-state index in [1.807, 2.05) is 0 Å². The van der Waals surface area contributed by atoms with Gasteiger partial charge in [0.1, 0.15) is 0 Å². The van der Waals surface area contributed by atoms with Gasteiger partial charge in [-0.1, -0.05) is 27.7 Å². The third kappa shape index (κ3) is 4.30. The summed E-state index contributed by atoms with van der Waals surface area (Å²) in [6.07, 6.45) is -0.318. The molecule has 0 aliphatic carbocycles. The van der Waals surface area contributed by atoms with Gasteiger partial charge in [-0.3, -0.25) is 10.1 Å². The molecule has 1 amide bonds. The number of rotatable bonds is 4. The Morgan fingerprint density at radius 1 is 1.10 bits per heavy atom. The molecule has 0 spiro atoms.